The van der Waals surface area contributed by atoms with Crippen LogP contribution in [0.25, 0.3) is 0 Å². The van der Waals surface area contributed by atoms with E-state index in [1.54, 1.807) is 7.05 Å². The van der Waals surface area contributed by atoms with Crippen molar-refractivity contribution in [2.75, 3.05) is 26.5 Å². The van der Waals surface area contributed by atoms with E-state index in [0.29, 0.717) is 41.1 Å². The van der Waals surface area contributed by atoms with Crippen molar-refractivity contribution in [3.05, 3.63) is 161 Å². The Labute approximate surface area is 307 Å². The van der Waals surface area contributed by atoms with E-state index in [0.717, 1.165) is 15.6 Å². The van der Waals surface area contributed by atoms with Crippen LogP contribution in [0.4, 0.5) is 0 Å². The van der Waals surface area contributed by atoms with Crippen LogP contribution in [0.3, 0.4) is 0 Å². The van der Waals surface area contributed by atoms with Gasteiger partial charge in [0.15, 0.2) is 16.6 Å². The highest BCUT2D eigenvalue weighted by molar-refractivity contribution is 9.10. The number of ether oxygens (including phenoxy) is 1. The smallest absolute Gasteiger partial charge is 0.187 e. The normalized spacial score (nSPS) is 11.8. The average Bonchev–Trinajstić information content (AvgIpc) is 3.16. The highest BCUT2D eigenvalue weighted by Crippen LogP contribution is 2.55. The molecule has 0 aromatic heterocycles. The van der Waals surface area contributed by atoms with Gasteiger partial charge in [0.1, 0.15) is 34.6 Å². The fraction of sp³-hybridized carbons (Fsp3) is 0.105. The molecule has 5 aromatic carbocycles. The summed E-state index contributed by atoms with van der Waals surface area (Å²) < 4.78 is 7.45. The molecule has 11 heteroatoms. The van der Waals surface area contributed by atoms with E-state index < -0.39 is 7.26 Å². The van der Waals surface area contributed by atoms with Gasteiger partial charge in [-0.1, -0.05) is 113 Å². The lowest BCUT2D eigenvalue weighted by Gasteiger charge is -2.27. The fourth-order valence-corrected chi connectivity index (χ4v) is 9.42. The molecule has 4 N–H and O–H groups in total. The van der Waals surface area contributed by atoms with Crippen molar-refractivity contribution < 1.29 is 4.74 Å². The van der Waals surface area contributed by atoms with Gasteiger partial charge >= 0.3 is 0 Å². The molecule has 0 saturated carbocycles. The van der Waals surface area contributed by atoms with Gasteiger partial charge in [-0.2, -0.15) is 10.2 Å². The van der Waals surface area contributed by atoms with Gasteiger partial charge in [-0.25, -0.2) is 0 Å². The molecule has 7 nitrogen and oxygen atoms in total. The number of rotatable bonds is 13. The van der Waals surface area contributed by atoms with E-state index in [2.05, 4.69) is 134 Å². The first-order valence-corrected chi connectivity index (χ1v) is 19.2. The van der Waals surface area contributed by atoms with Gasteiger partial charge in [0.2, 0.25) is 0 Å². The molecule has 0 unspecified atom stereocenters. The predicted octanol–water partition coefficient (Wildman–Crippen LogP) is 6.08. The summed E-state index contributed by atoms with van der Waals surface area (Å²) in [4.78, 5) is 0. The highest BCUT2D eigenvalue weighted by Gasteiger charge is 2.45. The van der Waals surface area contributed by atoms with Crippen molar-refractivity contribution in [1.82, 2.24) is 21.5 Å². The maximum Gasteiger partial charge on any atom is 0.187 e. The quantitative estimate of drug-likeness (QED) is 0.0380. The lowest BCUT2D eigenvalue weighted by molar-refractivity contribution is 0.185. The first kappa shape index (κ1) is 36.0. The summed E-state index contributed by atoms with van der Waals surface area (Å²) >= 11 is 14.5. The Balaban J connectivity index is 1.31. The first-order valence-electron chi connectivity index (χ1n) is 15.6. The van der Waals surface area contributed by atoms with Gasteiger partial charge in [-0.15, -0.1) is 0 Å². The maximum atomic E-state index is 6.49. The van der Waals surface area contributed by atoms with Crippen LogP contribution in [0.1, 0.15) is 11.1 Å². The molecule has 0 radical (unpaired) electrons. The number of hydrogen-bond donors (Lipinski definition) is 4. The summed E-state index contributed by atoms with van der Waals surface area (Å²) in [5.41, 5.74) is 8.78. The van der Waals surface area contributed by atoms with Crippen LogP contribution < -0.4 is 37.4 Å². The van der Waals surface area contributed by atoms with Gasteiger partial charge in [0, 0.05) is 29.2 Å². The van der Waals surface area contributed by atoms with Crippen LogP contribution in [0.15, 0.2) is 160 Å². The van der Waals surface area contributed by atoms with E-state index in [1.165, 1.54) is 15.9 Å². The van der Waals surface area contributed by atoms with Crippen LogP contribution in [-0.2, 0) is 4.74 Å². The maximum absolute atomic E-state index is 6.49. The second-order valence-corrected chi connectivity index (χ2v) is 15.9. The van der Waals surface area contributed by atoms with Crippen LogP contribution >= 0.6 is 47.6 Å². The summed E-state index contributed by atoms with van der Waals surface area (Å²) in [6.45, 7) is 0.939. The van der Waals surface area contributed by atoms with Crippen LogP contribution in [0.5, 0.6) is 0 Å². The standard InChI is InChI=1S/C38H36BrN6OPS2/c1-40-37(48)44-42-36(30-22-24-31(39)25-23-30)35(29-14-6-2-7-15-29)43-45-38(49)41-26-27-46-28-47(32-16-8-3-9-17-32,33-18-10-4-11-19-33)34-20-12-5-13-21-34/h2-25H,26-28H2,1H3,(H3-,40,41,42,43,44,45,48,49)/p+1. The molecule has 5 rings (SSSR count). The van der Waals surface area contributed by atoms with E-state index in [4.69, 9.17) is 34.3 Å². The molecular weight excluding hydrogens is 731 g/mol. The number of nitrogens with zero attached hydrogens (tertiary/aromatic N) is 2. The summed E-state index contributed by atoms with van der Waals surface area (Å²) in [6, 6.07) is 49.7. The minimum atomic E-state index is -2.09. The predicted molar refractivity (Wildman–Crippen MR) is 218 cm³/mol. The Morgan fingerprint density at radius 2 is 1.04 bits per heavy atom. The number of hydrazone groups is 2. The second kappa shape index (κ2) is 18.5. The van der Waals surface area contributed by atoms with Crippen LogP contribution in [0.2, 0.25) is 0 Å². The molecule has 0 aliphatic heterocycles. The third-order valence-corrected chi connectivity index (χ3v) is 12.7. The molecular formula is C38H37BrN6OPS2+. The summed E-state index contributed by atoms with van der Waals surface area (Å²) in [5, 5.41) is 20.1. The largest absolute Gasteiger partial charge is 0.364 e. The number of hydrogen-bond acceptors (Lipinski definition) is 5. The zero-order chi connectivity index (χ0) is 34.3. The Bertz CT molecular complexity index is 1770. The highest BCUT2D eigenvalue weighted by atomic mass is 79.9. The van der Waals surface area contributed by atoms with E-state index >= 15 is 0 Å². The van der Waals surface area contributed by atoms with Crippen LogP contribution in [-0.4, -0.2) is 48.2 Å². The van der Waals surface area contributed by atoms with Gasteiger partial charge in [0.25, 0.3) is 0 Å². The lowest BCUT2D eigenvalue weighted by atomic mass is 10.00. The van der Waals surface area contributed by atoms with E-state index in [9.17, 15) is 0 Å². The molecule has 248 valence electrons. The number of nitrogens with one attached hydrogen (secondary N) is 4. The summed E-state index contributed by atoms with van der Waals surface area (Å²) in [6.07, 6.45) is 0.553. The van der Waals surface area contributed by atoms with Crippen molar-refractivity contribution in [3.63, 3.8) is 0 Å². The minimum absolute atomic E-state index is 0.362. The molecule has 49 heavy (non-hydrogen) atoms. The van der Waals surface area contributed by atoms with Crippen LogP contribution in [0, 0.1) is 0 Å². The van der Waals surface area contributed by atoms with Gasteiger partial charge in [-0.05, 0) is 73.0 Å². The Morgan fingerprint density at radius 1 is 0.612 bits per heavy atom. The van der Waals surface area contributed by atoms with Gasteiger partial charge in [-0.3, -0.25) is 10.9 Å². The minimum Gasteiger partial charge on any atom is -0.364 e. The Hall–Kier alpha value is -4.31. The zero-order valence-corrected chi connectivity index (χ0v) is 31.0. The van der Waals surface area contributed by atoms with Crippen molar-refractivity contribution >= 4 is 85.2 Å². The number of thiocarbonyl (C=S) groups is 2. The second-order valence-electron chi connectivity index (χ2n) is 10.7. The van der Waals surface area contributed by atoms with Crippen molar-refractivity contribution in [2.24, 2.45) is 10.2 Å². The molecule has 0 amide bonds. The van der Waals surface area contributed by atoms with E-state index in [1.807, 2.05) is 54.6 Å². The Morgan fingerprint density at radius 3 is 1.51 bits per heavy atom. The molecule has 0 heterocycles. The molecule has 0 fully saturated rings. The van der Waals surface area contributed by atoms with Crippen molar-refractivity contribution in [3.8, 4) is 0 Å². The third-order valence-electron chi connectivity index (χ3n) is 7.56. The molecule has 0 bridgehead atoms. The van der Waals surface area contributed by atoms with Crippen molar-refractivity contribution in [2.45, 2.75) is 0 Å². The van der Waals surface area contributed by atoms with Gasteiger partial charge < -0.3 is 15.4 Å². The SMILES string of the molecule is CNC(=S)NN=C(C(=NNC(=S)NCCOC[P+](c1ccccc1)(c1ccccc1)c1ccccc1)c1ccccc1)c1ccc(Br)cc1. The van der Waals surface area contributed by atoms with Crippen molar-refractivity contribution in [1.29, 1.82) is 0 Å². The summed E-state index contributed by atoms with van der Waals surface area (Å²) in [7, 11) is -0.358. The molecule has 5 aromatic rings. The number of halogens is 1. The lowest BCUT2D eigenvalue weighted by Crippen LogP contribution is -2.37. The Kier molecular flexibility index (Phi) is 13.5. The molecule has 0 atom stereocenters. The van der Waals surface area contributed by atoms with E-state index in [-0.39, 0.29) is 0 Å². The number of benzene rings is 5. The molecule has 0 spiro atoms. The molecule has 0 aliphatic rings. The topological polar surface area (TPSA) is 82.1 Å². The van der Waals surface area contributed by atoms with Gasteiger partial charge in [0.05, 0.1) is 6.61 Å². The molecule has 0 saturated heterocycles. The zero-order valence-electron chi connectivity index (χ0n) is 26.9. The fourth-order valence-electron chi connectivity index (χ4n) is 5.18. The average molecular weight is 769 g/mol. The molecule has 0 aliphatic carbocycles. The monoisotopic (exact) mass is 767 g/mol. The third kappa shape index (κ3) is 9.65. The first-order chi connectivity index (χ1) is 24.0. The summed E-state index contributed by atoms with van der Waals surface area (Å²) in [5.74, 6) is 0.